The van der Waals surface area contributed by atoms with Crippen molar-refractivity contribution in [3.63, 3.8) is 0 Å². The molecule has 0 aliphatic carbocycles. The quantitative estimate of drug-likeness (QED) is 0.0363. The Bertz CT molecular complexity index is 1980. The van der Waals surface area contributed by atoms with Gasteiger partial charge in [0.05, 0.1) is 16.7 Å². The summed E-state index contributed by atoms with van der Waals surface area (Å²) in [6.07, 6.45) is 1.82. The van der Waals surface area contributed by atoms with E-state index >= 15 is 0 Å². The SMILES string of the molecule is CCN(CC)CCCNCc1cc(NC(=O)c2ccc(N=NC(C(C)=O)C(=O)Nc3ccc4[nH]c(=O)[nH]c4c3)cc2)cc(C(=O)NCCCN(CC)CC)c1. The summed E-state index contributed by atoms with van der Waals surface area (Å²) in [5, 5.41) is 20.1. The summed E-state index contributed by atoms with van der Waals surface area (Å²) in [4.78, 5) is 73.3. The number of azo groups is 1. The van der Waals surface area contributed by atoms with Crippen molar-refractivity contribution < 1.29 is 19.2 Å². The number of Topliss-reactive ketones (excluding diaryl/α,β-unsaturated/α-hetero) is 1. The Morgan fingerprint density at radius 3 is 2.02 bits per heavy atom. The molecule has 294 valence electrons. The zero-order valence-corrected chi connectivity index (χ0v) is 32.5. The van der Waals surface area contributed by atoms with Crippen LogP contribution in [-0.4, -0.2) is 102 Å². The Labute approximate surface area is 321 Å². The van der Waals surface area contributed by atoms with Crippen LogP contribution in [0.5, 0.6) is 0 Å². The Morgan fingerprint density at radius 2 is 1.36 bits per heavy atom. The van der Waals surface area contributed by atoms with Crippen molar-refractivity contribution in [2.24, 2.45) is 10.2 Å². The largest absolute Gasteiger partial charge is 0.352 e. The third kappa shape index (κ3) is 13.1. The second-order valence-corrected chi connectivity index (χ2v) is 13.2. The van der Waals surface area contributed by atoms with Crippen LogP contribution in [0.1, 0.15) is 73.7 Å². The van der Waals surface area contributed by atoms with Crippen LogP contribution in [0.2, 0.25) is 0 Å². The molecule has 0 radical (unpaired) electrons. The van der Waals surface area contributed by atoms with Crippen LogP contribution in [0.3, 0.4) is 0 Å². The fourth-order valence-corrected chi connectivity index (χ4v) is 5.99. The molecule has 15 nitrogen and oxygen atoms in total. The molecule has 6 N–H and O–H groups in total. The summed E-state index contributed by atoms with van der Waals surface area (Å²) < 4.78 is 0. The van der Waals surface area contributed by atoms with Crippen molar-refractivity contribution in [3.8, 4) is 0 Å². The number of H-pyrrole nitrogens is 2. The number of benzene rings is 3. The molecular weight excluding hydrogens is 701 g/mol. The Hall–Kier alpha value is -5.51. The summed E-state index contributed by atoms with van der Waals surface area (Å²) in [7, 11) is 0. The number of nitrogens with one attached hydrogen (secondary N) is 6. The lowest BCUT2D eigenvalue weighted by atomic mass is 10.1. The van der Waals surface area contributed by atoms with Gasteiger partial charge in [-0.25, -0.2) is 4.79 Å². The maximum absolute atomic E-state index is 13.4. The fraction of sp³-hybridized carbons (Fsp3) is 0.425. The van der Waals surface area contributed by atoms with Gasteiger partial charge in [-0.2, -0.15) is 10.2 Å². The summed E-state index contributed by atoms with van der Waals surface area (Å²) >= 11 is 0. The first-order valence-electron chi connectivity index (χ1n) is 19.0. The summed E-state index contributed by atoms with van der Waals surface area (Å²) in [6, 6.07) is 15.0. The lowest BCUT2D eigenvalue weighted by Crippen LogP contribution is -2.31. The van der Waals surface area contributed by atoms with E-state index in [9.17, 15) is 24.0 Å². The molecule has 1 unspecified atom stereocenters. The van der Waals surface area contributed by atoms with Crippen LogP contribution in [0.4, 0.5) is 17.1 Å². The van der Waals surface area contributed by atoms with E-state index in [-0.39, 0.29) is 17.5 Å². The van der Waals surface area contributed by atoms with Crippen molar-refractivity contribution >= 4 is 51.6 Å². The van der Waals surface area contributed by atoms with Crippen LogP contribution in [-0.2, 0) is 16.1 Å². The van der Waals surface area contributed by atoms with Crippen molar-refractivity contribution in [2.75, 3.05) is 63.0 Å². The highest BCUT2D eigenvalue weighted by atomic mass is 16.2. The van der Waals surface area contributed by atoms with Gasteiger partial charge in [-0.05, 0) is 132 Å². The predicted molar refractivity (Wildman–Crippen MR) is 216 cm³/mol. The molecule has 55 heavy (non-hydrogen) atoms. The minimum atomic E-state index is -1.41. The van der Waals surface area contributed by atoms with Crippen molar-refractivity contribution in [1.82, 2.24) is 30.4 Å². The van der Waals surface area contributed by atoms with Gasteiger partial charge < -0.3 is 41.0 Å². The van der Waals surface area contributed by atoms with E-state index in [0.717, 1.165) is 64.2 Å². The summed E-state index contributed by atoms with van der Waals surface area (Å²) in [5.74, 6) is -1.80. The number of amides is 3. The van der Waals surface area contributed by atoms with Gasteiger partial charge in [0, 0.05) is 35.6 Å². The van der Waals surface area contributed by atoms with E-state index < -0.39 is 17.7 Å². The van der Waals surface area contributed by atoms with Gasteiger partial charge in [-0.1, -0.05) is 27.7 Å². The highest BCUT2D eigenvalue weighted by Gasteiger charge is 2.23. The fourth-order valence-electron chi connectivity index (χ4n) is 5.99. The number of rotatable bonds is 22. The van der Waals surface area contributed by atoms with E-state index in [2.05, 4.69) is 79.0 Å². The molecule has 1 atom stereocenters. The number of hydrogen-bond acceptors (Lipinski definition) is 10. The minimum absolute atomic E-state index is 0.205. The van der Waals surface area contributed by atoms with E-state index in [4.69, 9.17) is 0 Å². The molecule has 0 saturated heterocycles. The van der Waals surface area contributed by atoms with Gasteiger partial charge in [0.15, 0.2) is 5.78 Å². The molecule has 3 aromatic carbocycles. The molecule has 0 bridgehead atoms. The minimum Gasteiger partial charge on any atom is -0.352 e. The summed E-state index contributed by atoms with van der Waals surface area (Å²) in [6.45, 7) is 17.5. The lowest BCUT2D eigenvalue weighted by Gasteiger charge is -2.18. The molecule has 0 spiro atoms. The number of nitrogens with zero attached hydrogens (tertiary/aromatic N) is 4. The number of aromatic nitrogens is 2. The number of carbonyl (C=O) groups excluding carboxylic acids is 4. The van der Waals surface area contributed by atoms with Gasteiger partial charge in [-0.3, -0.25) is 19.2 Å². The van der Waals surface area contributed by atoms with Crippen LogP contribution < -0.4 is 27.0 Å². The lowest BCUT2D eigenvalue weighted by molar-refractivity contribution is -0.126. The number of anilines is 2. The highest BCUT2D eigenvalue weighted by molar-refractivity contribution is 6.10. The number of hydrogen-bond donors (Lipinski definition) is 6. The highest BCUT2D eigenvalue weighted by Crippen LogP contribution is 2.20. The Balaban J connectivity index is 1.41. The second kappa shape index (κ2) is 21.4. The topological polar surface area (TPSA) is 196 Å². The van der Waals surface area contributed by atoms with Crippen LogP contribution >= 0.6 is 0 Å². The second-order valence-electron chi connectivity index (χ2n) is 13.2. The van der Waals surface area contributed by atoms with E-state index in [1.165, 1.54) is 6.92 Å². The Kier molecular flexibility index (Phi) is 16.4. The molecule has 0 saturated carbocycles. The van der Waals surface area contributed by atoms with Gasteiger partial charge in [0.1, 0.15) is 0 Å². The molecular formula is C40H54N10O5. The third-order valence-corrected chi connectivity index (χ3v) is 9.23. The standard InChI is InChI=1S/C40H54N10O5/c1-6-49(7-2)20-10-18-41-26-28-22-30(37(52)42-19-11-21-50(8-3)9-4)24-33(23-28)44-38(53)29-12-14-31(15-13-29)47-48-36(27(5)51)39(54)43-32-16-17-34-35(25-32)46-40(55)45-34/h12-17,22-25,36,41H,6-11,18-21,26H2,1-5H3,(H,42,52)(H,43,54)(H,44,53)(H2,45,46,55). The Morgan fingerprint density at radius 1 is 0.709 bits per heavy atom. The first-order chi connectivity index (χ1) is 26.5. The maximum atomic E-state index is 13.4. The van der Waals surface area contributed by atoms with E-state index in [1.54, 1.807) is 48.5 Å². The number of fused-ring (bicyclic) bond motifs is 1. The van der Waals surface area contributed by atoms with Gasteiger partial charge >= 0.3 is 5.69 Å². The van der Waals surface area contributed by atoms with Crippen molar-refractivity contribution in [1.29, 1.82) is 0 Å². The third-order valence-electron chi connectivity index (χ3n) is 9.23. The molecule has 3 amide bonds. The van der Waals surface area contributed by atoms with Gasteiger partial charge in [0.25, 0.3) is 17.7 Å². The van der Waals surface area contributed by atoms with Crippen molar-refractivity contribution in [3.05, 3.63) is 87.8 Å². The van der Waals surface area contributed by atoms with Gasteiger partial charge in [-0.15, -0.1) is 0 Å². The van der Waals surface area contributed by atoms with Crippen LogP contribution in [0, 0.1) is 0 Å². The summed E-state index contributed by atoms with van der Waals surface area (Å²) in [5.41, 5.74) is 3.55. The number of carbonyl (C=O) groups is 4. The molecule has 4 rings (SSSR count). The number of ketones is 1. The monoisotopic (exact) mass is 754 g/mol. The molecule has 4 aromatic rings. The first kappa shape index (κ1) is 42.2. The zero-order chi connectivity index (χ0) is 39.7. The van der Waals surface area contributed by atoms with Crippen LogP contribution in [0.25, 0.3) is 11.0 Å². The number of imidazole rings is 1. The average Bonchev–Trinajstić information content (AvgIpc) is 3.55. The van der Waals surface area contributed by atoms with Gasteiger partial charge in [0.2, 0.25) is 6.04 Å². The molecule has 1 aromatic heterocycles. The van der Waals surface area contributed by atoms with Crippen LogP contribution in [0.15, 0.2) is 75.7 Å². The zero-order valence-electron chi connectivity index (χ0n) is 32.5. The predicted octanol–water partition coefficient (Wildman–Crippen LogP) is 5.07. The first-order valence-corrected chi connectivity index (χ1v) is 19.0. The molecule has 0 fully saturated rings. The molecule has 1 heterocycles. The number of aromatic amines is 2. The van der Waals surface area contributed by atoms with E-state index in [1.807, 2.05) is 12.1 Å². The molecule has 0 aliphatic rings. The maximum Gasteiger partial charge on any atom is 0.323 e. The average molecular weight is 755 g/mol. The van der Waals surface area contributed by atoms with E-state index in [0.29, 0.717) is 52.3 Å². The smallest absolute Gasteiger partial charge is 0.323 e. The molecule has 0 aliphatic heterocycles. The normalized spacial score (nSPS) is 12.1. The van der Waals surface area contributed by atoms with Crippen molar-refractivity contribution in [2.45, 2.75) is 60.0 Å². The molecule has 15 heteroatoms.